The van der Waals surface area contributed by atoms with Gasteiger partial charge in [0.05, 0.1) is 5.52 Å². The average Bonchev–Trinajstić information content (AvgIpc) is 2.40. The van der Waals surface area contributed by atoms with Crippen LogP contribution in [0.1, 0.15) is 32.3 Å². The first-order valence-electron chi connectivity index (χ1n) is 7.11. The van der Waals surface area contributed by atoms with Gasteiger partial charge in [-0.3, -0.25) is 4.90 Å². The molecule has 0 saturated heterocycles. The van der Waals surface area contributed by atoms with Crippen LogP contribution in [0.3, 0.4) is 0 Å². The Bertz CT molecular complexity index is 531. The lowest BCUT2D eigenvalue weighted by Gasteiger charge is -2.21. The number of para-hydroxylation sites is 1. The maximum Gasteiger partial charge on any atom is 0.128 e. The van der Waals surface area contributed by atoms with E-state index < -0.39 is 0 Å². The standard InChI is InChI=1S/C16H23N3/c1-3-9-19(10-4-2)12-14-11-13-7-5-6-8-15(13)18-16(14)17/h5-8,11H,3-4,9-10,12H2,1-2H3,(H2,17,18). The summed E-state index contributed by atoms with van der Waals surface area (Å²) < 4.78 is 0. The van der Waals surface area contributed by atoms with Crippen LogP contribution in [0.4, 0.5) is 5.82 Å². The predicted molar refractivity (Wildman–Crippen MR) is 82.0 cm³/mol. The van der Waals surface area contributed by atoms with E-state index in [1.54, 1.807) is 0 Å². The summed E-state index contributed by atoms with van der Waals surface area (Å²) in [7, 11) is 0. The second kappa shape index (κ2) is 6.53. The lowest BCUT2D eigenvalue weighted by Crippen LogP contribution is -2.25. The normalized spacial score (nSPS) is 11.3. The second-order valence-electron chi connectivity index (χ2n) is 5.00. The van der Waals surface area contributed by atoms with Crippen molar-refractivity contribution in [2.45, 2.75) is 33.2 Å². The van der Waals surface area contributed by atoms with E-state index in [-0.39, 0.29) is 0 Å². The molecule has 2 aromatic rings. The number of nitrogens with two attached hydrogens (primary N) is 1. The lowest BCUT2D eigenvalue weighted by molar-refractivity contribution is 0.267. The van der Waals surface area contributed by atoms with E-state index in [0.29, 0.717) is 5.82 Å². The second-order valence-corrected chi connectivity index (χ2v) is 5.00. The topological polar surface area (TPSA) is 42.2 Å². The van der Waals surface area contributed by atoms with Gasteiger partial charge in [0.1, 0.15) is 5.82 Å². The van der Waals surface area contributed by atoms with Gasteiger partial charge in [-0.05, 0) is 38.1 Å². The lowest BCUT2D eigenvalue weighted by atomic mass is 10.1. The molecule has 3 heteroatoms. The number of nitrogen functional groups attached to an aromatic ring is 1. The van der Waals surface area contributed by atoms with E-state index in [1.807, 2.05) is 18.2 Å². The first-order chi connectivity index (χ1) is 9.24. The third kappa shape index (κ3) is 3.44. The molecule has 0 atom stereocenters. The Morgan fingerprint density at radius 1 is 1.11 bits per heavy atom. The van der Waals surface area contributed by atoms with Crippen molar-refractivity contribution in [2.24, 2.45) is 0 Å². The van der Waals surface area contributed by atoms with Crippen molar-refractivity contribution >= 4 is 16.7 Å². The molecule has 0 radical (unpaired) electrons. The van der Waals surface area contributed by atoms with E-state index >= 15 is 0 Å². The number of benzene rings is 1. The van der Waals surface area contributed by atoms with Gasteiger partial charge in [0, 0.05) is 17.5 Å². The van der Waals surface area contributed by atoms with Crippen molar-refractivity contribution in [1.29, 1.82) is 0 Å². The van der Waals surface area contributed by atoms with E-state index in [0.717, 1.165) is 30.7 Å². The molecule has 1 aromatic carbocycles. The fourth-order valence-electron chi connectivity index (χ4n) is 2.44. The van der Waals surface area contributed by atoms with E-state index in [2.05, 4.69) is 35.9 Å². The van der Waals surface area contributed by atoms with Crippen LogP contribution in [0.15, 0.2) is 30.3 Å². The molecule has 102 valence electrons. The summed E-state index contributed by atoms with van der Waals surface area (Å²) in [6, 6.07) is 10.3. The first-order valence-corrected chi connectivity index (χ1v) is 7.11. The van der Waals surface area contributed by atoms with Gasteiger partial charge in [-0.2, -0.15) is 0 Å². The Balaban J connectivity index is 2.25. The highest BCUT2D eigenvalue weighted by Crippen LogP contribution is 2.19. The van der Waals surface area contributed by atoms with E-state index in [4.69, 9.17) is 5.73 Å². The van der Waals surface area contributed by atoms with Crippen molar-refractivity contribution < 1.29 is 0 Å². The third-order valence-corrected chi connectivity index (χ3v) is 3.31. The van der Waals surface area contributed by atoms with Crippen LogP contribution in [0.25, 0.3) is 10.9 Å². The highest BCUT2D eigenvalue weighted by molar-refractivity contribution is 5.81. The van der Waals surface area contributed by atoms with Gasteiger partial charge in [-0.1, -0.05) is 32.0 Å². The Morgan fingerprint density at radius 2 is 1.79 bits per heavy atom. The zero-order valence-electron chi connectivity index (χ0n) is 11.9. The molecule has 0 amide bonds. The largest absolute Gasteiger partial charge is 0.383 e. The van der Waals surface area contributed by atoms with Crippen LogP contribution in [-0.2, 0) is 6.54 Å². The number of hydrogen-bond acceptors (Lipinski definition) is 3. The summed E-state index contributed by atoms with van der Waals surface area (Å²) in [5, 5.41) is 1.17. The van der Waals surface area contributed by atoms with Gasteiger partial charge in [0.2, 0.25) is 0 Å². The van der Waals surface area contributed by atoms with Gasteiger partial charge < -0.3 is 5.73 Å². The zero-order valence-corrected chi connectivity index (χ0v) is 11.9. The molecule has 0 aliphatic rings. The minimum Gasteiger partial charge on any atom is -0.383 e. The van der Waals surface area contributed by atoms with Crippen LogP contribution in [0, 0.1) is 0 Å². The van der Waals surface area contributed by atoms with Crippen LogP contribution < -0.4 is 5.73 Å². The number of hydrogen-bond donors (Lipinski definition) is 1. The van der Waals surface area contributed by atoms with Crippen LogP contribution in [0.5, 0.6) is 0 Å². The number of anilines is 1. The van der Waals surface area contributed by atoms with Gasteiger partial charge in [-0.15, -0.1) is 0 Å². The molecule has 0 saturated carbocycles. The Kier molecular flexibility index (Phi) is 4.74. The highest BCUT2D eigenvalue weighted by Gasteiger charge is 2.08. The first kappa shape index (κ1) is 13.8. The van der Waals surface area contributed by atoms with Gasteiger partial charge in [-0.25, -0.2) is 4.98 Å². The number of rotatable bonds is 6. The number of aromatic nitrogens is 1. The maximum atomic E-state index is 6.09. The monoisotopic (exact) mass is 257 g/mol. The SMILES string of the molecule is CCCN(CCC)Cc1cc2ccccc2nc1N. The van der Waals surface area contributed by atoms with Crippen molar-refractivity contribution in [3.05, 3.63) is 35.9 Å². The van der Waals surface area contributed by atoms with Crippen molar-refractivity contribution in [2.75, 3.05) is 18.8 Å². The molecule has 0 unspecified atom stereocenters. The van der Waals surface area contributed by atoms with Crippen molar-refractivity contribution in [3.63, 3.8) is 0 Å². The van der Waals surface area contributed by atoms with E-state index in [1.165, 1.54) is 18.2 Å². The molecule has 3 nitrogen and oxygen atoms in total. The molecule has 2 rings (SSSR count). The molecular formula is C16H23N3. The average molecular weight is 257 g/mol. The van der Waals surface area contributed by atoms with Crippen LogP contribution in [0.2, 0.25) is 0 Å². The Hall–Kier alpha value is -1.61. The summed E-state index contributed by atoms with van der Waals surface area (Å²) in [6.45, 7) is 7.54. The van der Waals surface area contributed by atoms with Gasteiger partial charge in [0.15, 0.2) is 0 Å². The van der Waals surface area contributed by atoms with E-state index in [9.17, 15) is 0 Å². The summed E-state index contributed by atoms with van der Waals surface area (Å²) in [5.41, 5.74) is 8.20. The molecule has 2 N–H and O–H groups in total. The summed E-state index contributed by atoms with van der Waals surface area (Å²) in [5.74, 6) is 0.663. The summed E-state index contributed by atoms with van der Waals surface area (Å²) >= 11 is 0. The van der Waals surface area contributed by atoms with Crippen LogP contribution >= 0.6 is 0 Å². The molecule has 1 heterocycles. The Labute approximate surface area is 115 Å². The molecule has 0 fully saturated rings. The fourth-order valence-corrected chi connectivity index (χ4v) is 2.44. The molecule has 0 spiro atoms. The quantitative estimate of drug-likeness (QED) is 0.862. The molecule has 19 heavy (non-hydrogen) atoms. The summed E-state index contributed by atoms with van der Waals surface area (Å²) in [6.07, 6.45) is 2.34. The third-order valence-electron chi connectivity index (χ3n) is 3.31. The maximum absolute atomic E-state index is 6.09. The van der Waals surface area contributed by atoms with Gasteiger partial charge in [0.25, 0.3) is 0 Å². The van der Waals surface area contributed by atoms with Crippen molar-refractivity contribution in [3.8, 4) is 0 Å². The number of fused-ring (bicyclic) bond motifs is 1. The summed E-state index contributed by atoms with van der Waals surface area (Å²) in [4.78, 5) is 6.95. The highest BCUT2D eigenvalue weighted by atomic mass is 15.1. The smallest absolute Gasteiger partial charge is 0.128 e. The fraction of sp³-hybridized carbons (Fsp3) is 0.438. The minimum atomic E-state index is 0.663. The molecule has 0 aliphatic heterocycles. The number of nitrogens with zero attached hydrogens (tertiary/aromatic N) is 2. The van der Waals surface area contributed by atoms with Crippen molar-refractivity contribution in [1.82, 2.24) is 9.88 Å². The predicted octanol–water partition coefficient (Wildman–Crippen LogP) is 3.44. The van der Waals surface area contributed by atoms with Crippen LogP contribution in [-0.4, -0.2) is 23.0 Å². The Morgan fingerprint density at radius 3 is 2.47 bits per heavy atom. The zero-order chi connectivity index (χ0) is 13.7. The molecule has 1 aromatic heterocycles. The molecule has 0 aliphatic carbocycles. The minimum absolute atomic E-state index is 0.663. The van der Waals surface area contributed by atoms with Gasteiger partial charge >= 0.3 is 0 Å². The molecule has 0 bridgehead atoms. The molecular weight excluding hydrogens is 234 g/mol. The number of pyridine rings is 1.